The number of amides is 1. The predicted octanol–water partition coefficient (Wildman–Crippen LogP) is 2.27. The van der Waals surface area contributed by atoms with Crippen molar-refractivity contribution in [1.82, 2.24) is 24.8 Å². The van der Waals surface area contributed by atoms with Crippen LogP contribution in [0, 0.1) is 0 Å². The molecule has 7 nitrogen and oxygen atoms in total. The van der Waals surface area contributed by atoms with Crippen LogP contribution in [0.2, 0.25) is 0 Å². The Morgan fingerprint density at radius 3 is 2.64 bits per heavy atom. The number of carbonyl (C=O) groups excluding carboxylic acids is 1. The normalized spacial score (nSPS) is 15.0. The number of piperazine rings is 1. The van der Waals surface area contributed by atoms with Crippen molar-refractivity contribution < 1.29 is 4.79 Å². The lowest BCUT2D eigenvalue weighted by Gasteiger charge is -2.34. The Balaban J connectivity index is 1.47. The van der Waals surface area contributed by atoms with E-state index in [1.807, 2.05) is 41.3 Å². The van der Waals surface area contributed by atoms with E-state index in [4.69, 9.17) is 4.98 Å². The number of anilines is 1. The summed E-state index contributed by atoms with van der Waals surface area (Å²) < 4.78 is 0. The first-order valence-electron chi connectivity index (χ1n) is 9.59. The second kappa shape index (κ2) is 8.31. The van der Waals surface area contributed by atoms with Gasteiger partial charge in [-0.05, 0) is 24.3 Å². The number of rotatable bonds is 5. The molecule has 1 aromatic carbocycles. The van der Waals surface area contributed by atoms with E-state index >= 15 is 0 Å². The number of para-hydroxylation sites is 1. The fourth-order valence-electron chi connectivity index (χ4n) is 3.45. The van der Waals surface area contributed by atoms with Gasteiger partial charge < -0.3 is 10.2 Å². The van der Waals surface area contributed by atoms with Gasteiger partial charge in [-0.1, -0.05) is 12.1 Å². The molecule has 0 radical (unpaired) electrons. The number of nitrogens with one attached hydrogen (secondary N) is 1. The molecule has 0 unspecified atom stereocenters. The van der Waals surface area contributed by atoms with Crippen LogP contribution >= 0.6 is 0 Å². The SMILES string of the molecule is CC(=O)N1CCN(CCNc2nc(-c3cccnc3)nc3ccccc23)CC1. The number of nitrogens with zero attached hydrogens (tertiary/aromatic N) is 5. The van der Waals surface area contributed by atoms with Crippen LogP contribution in [0.25, 0.3) is 22.3 Å². The van der Waals surface area contributed by atoms with Gasteiger partial charge in [0.05, 0.1) is 5.52 Å². The molecule has 0 aliphatic carbocycles. The van der Waals surface area contributed by atoms with E-state index in [1.54, 1.807) is 19.3 Å². The van der Waals surface area contributed by atoms with Gasteiger partial charge in [0.15, 0.2) is 5.82 Å². The Bertz CT molecular complexity index is 954. The molecule has 1 aliphatic heterocycles. The summed E-state index contributed by atoms with van der Waals surface area (Å²) in [5.74, 6) is 1.67. The molecule has 4 rings (SSSR count). The zero-order chi connectivity index (χ0) is 19.3. The topological polar surface area (TPSA) is 74.2 Å². The molecule has 1 saturated heterocycles. The first-order valence-corrected chi connectivity index (χ1v) is 9.59. The minimum Gasteiger partial charge on any atom is -0.368 e. The van der Waals surface area contributed by atoms with Gasteiger partial charge in [0.1, 0.15) is 5.82 Å². The van der Waals surface area contributed by atoms with Crippen LogP contribution in [0.1, 0.15) is 6.92 Å². The third kappa shape index (κ3) is 4.09. The van der Waals surface area contributed by atoms with Gasteiger partial charge in [-0.15, -0.1) is 0 Å². The maximum Gasteiger partial charge on any atom is 0.219 e. The van der Waals surface area contributed by atoms with Crippen LogP contribution in [0.3, 0.4) is 0 Å². The lowest BCUT2D eigenvalue weighted by molar-refractivity contribution is -0.130. The summed E-state index contributed by atoms with van der Waals surface area (Å²) in [6, 6.07) is 11.9. The van der Waals surface area contributed by atoms with Crippen LogP contribution in [-0.4, -0.2) is 69.9 Å². The van der Waals surface area contributed by atoms with Crippen molar-refractivity contribution in [3.8, 4) is 11.4 Å². The zero-order valence-corrected chi connectivity index (χ0v) is 16.0. The molecule has 2 aromatic heterocycles. The molecule has 1 amide bonds. The number of aromatic nitrogens is 3. The van der Waals surface area contributed by atoms with E-state index in [1.165, 1.54) is 0 Å². The first kappa shape index (κ1) is 18.3. The minimum absolute atomic E-state index is 0.160. The molecular weight excluding hydrogens is 352 g/mol. The number of fused-ring (bicyclic) bond motifs is 1. The van der Waals surface area contributed by atoms with Gasteiger partial charge in [0.25, 0.3) is 0 Å². The molecule has 0 bridgehead atoms. The van der Waals surface area contributed by atoms with E-state index in [-0.39, 0.29) is 5.91 Å². The molecular formula is C21H24N6O. The molecule has 0 atom stereocenters. The summed E-state index contributed by atoms with van der Waals surface area (Å²) in [4.78, 5) is 29.4. The predicted molar refractivity (Wildman–Crippen MR) is 110 cm³/mol. The fourth-order valence-corrected chi connectivity index (χ4v) is 3.45. The van der Waals surface area contributed by atoms with Crippen molar-refractivity contribution in [3.05, 3.63) is 48.8 Å². The molecule has 7 heteroatoms. The molecule has 3 heterocycles. The average molecular weight is 376 g/mol. The number of pyridine rings is 1. The second-order valence-electron chi connectivity index (χ2n) is 6.93. The van der Waals surface area contributed by atoms with Crippen LogP contribution < -0.4 is 5.32 Å². The van der Waals surface area contributed by atoms with Crippen LogP contribution in [0.5, 0.6) is 0 Å². The molecule has 0 spiro atoms. The van der Waals surface area contributed by atoms with Crippen LogP contribution in [0.15, 0.2) is 48.8 Å². The smallest absolute Gasteiger partial charge is 0.219 e. The third-order valence-corrected chi connectivity index (χ3v) is 5.06. The first-order chi connectivity index (χ1) is 13.7. The Kier molecular flexibility index (Phi) is 5.43. The van der Waals surface area contributed by atoms with Gasteiger partial charge in [0.2, 0.25) is 5.91 Å². The summed E-state index contributed by atoms with van der Waals surface area (Å²) in [5.41, 5.74) is 1.81. The van der Waals surface area contributed by atoms with E-state index in [9.17, 15) is 4.79 Å². The monoisotopic (exact) mass is 376 g/mol. The minimum atomic E-state index is 0.160. The maximum atomic E-state index is 11.5. The highest BCUT2D eigenvalue weighted by Crippen LogP contribution is 2.24. The highest BCUT2D eigenvalue weighted by Gasteiger charge is 2.18. The molecule has 0 saturated carbocycles. The molecule has 1 aliphatic rings. The lowest BCUT2D eigenvalue weighted by Crippen LogP contribution is -2.49. The maximum absolute atomic E-state index is 11.5. The summed E-state index contributed by atoms with van der Waals surface area (Å²) in [6.07, 6.45) is 3.53. The average Bonchev–Trinajstić information content (AvgIpc) is 2.74. The Labute approximate surface area is 164 Å². The number of carbonyl (C=O) groups is 1. The van der Waals surface area contributed by atoms with Gasteiger partial charge >= 0.3 is 0 Å². The summed E-state index contributed by atoms with van der Waals surface area (Å²) in [6.45, 7) is 6.75. The fraction of sp³-hybridized carbons (Fsp3) is 0.333. The molecule has 144 valence electrons. The van der Waals surface area contributed by atoms with Gasteiger partial charge in [0, 0.05) is 69.5 Å². The molecule has 3 aromatic rings. The largest absolute Gasteiger partial charge is 0.368 e. The highest BCUT2D eigenvalue weighted by molar-refractivity contribution is 5.90. The summed E-state index contributed by atoms with van der Waals surface area (Å²) >= 11 is 0. The van der Waals surface area contributed by atoms with Crippen molar-refractivity contribution in [1.29, 1.82) is 0 Å². The molecule has 1 fully saturated rings. The number of benzene rings is 1. The van der Waals surface area contributed by atoms with Crippen LogP contribution in [-0.2, 0) is 4.79 Å². The third-order valence-electron chi connectivity index (χ3n) is 5.06. The number of hydrogen-bond acceptors (Lipinski definition) is 6. The van der Waals surface area contributed by atoms with Crippen LogP contribution in [0.4, 0.5) is 5.82 Å². The Hall–Kier alpha value is -3.06. The summed E-state index contributed by atoms with van der Waals surface area (Å²) in [7, 11) is 0. The molecule has 1 N–H and O–H groups in total. The van der Waals surface area contributed by atoms with Crippen molar-refractivity contribution in [3.63, 3.8) is 0 Å². The zero-order valence-electron chi connectivity index (χ0n) is 16.0. The summed E-state index contributed by atoms with van der Waals surface area (Å²) in [5, 5.41) is 4.50. The van der Waals surface area contributed by atoms with Crippen molar-refractivity contribution >= 4 is 22.6 Å². The lowest BCUT2D eigenvalue weighted by atomic mass is 10.2. The van der Waals surface area contributed by atoms with Crippen molar-refractivity contribution in [2.24, 2.45) is 0 Å². The highest BCUT2D eigenvalue weighted by atomic mass is 16.2. The van der Waals surface area contributed by atoms with E-state index in [2.05, 4.69) is 20.2 Å². The van der Waals surface area contributed by atoms with Gasteiger partial charge in [-0.2, -0.15) is 0 Å². The Morgan fingerprint density at radius 1 is 1.07 bits per heavy atom. The van der Waals surface area contributed by atoms with Crippen molar-refractivity contribution in [2.75, 3.05) is 44.6 Å². The van der Waals surface area contributed by atoms with E-state index < -0.39 is 0 Å². The van der Waals surface area contributed by atoms with E-state index in [0.717, 1.165) is 61.6 Å². The van der Waals surface area contributed by atoms with Crippen molar-refractivity contribution in [2.45, 2.75) is 6.92 Å². The molecule has 28 heavy (non-hydrogen) atoms. The second-order valence-corrected chi connectivity index (χ2v) is 6.93. The number of hydrogen-bond donors (Lipinski definition) is 1. The van der Waals surface area contributed by atoms with E-state index in [0.29, 0.717) is 5.82 Å². The quantitative estimate of drug-likeness (QED) is 0.736. The van der Waals surface area contributed by atoms with Gasteiger partial charge in [-0.25, -0.2) is 9.97 Å². The standard InChI is InChI=1S/C21H24N6O/c1-16(28)27-13-11-26(12-14-27)10-9-23-21-18-6-2-3-7-19(18)24-20(25-21)17-5-4-8-22-15-17/h2-8,15H,9-14H2,1H3,(H,23,24,25). The van der Waals surface area contributed by atoms with Gasteiger partial charge in [-0.3, -0.25) is 14.7 Å². The Morgan fingerprint density at radius 2 is 1.89 bits per heavy atom.